The third kappa shape index (κ3) is 1.69. The lowest BCUT2D eigenvalue weighted by molar-refractivity contribution is 1.03. The molecule has 0 spiro atoms. The van der Waals surface area contributed by atoms with Gasteiger partial charge >= 0.3 is 0 Å². The Morgan fingerprint density at radius 3 is 2.62 bits per heavy atom. The molecule has 0 radical (unpaired) electrons. The van der Waals surface area contributed by atoms with Crippen LogP contribution >= 0.6 is 15.9 Å². The van der Waals surface area contributed by atoms with Gasteiger partial charge in [-0.15, -0.1) is 0 Å². The minimum absolute atomic E-state index is 0.853. The quantitative estimate of drug-likeness (QED) is 0.863. The molecule has 2 N–H and O–H groups in total. The van der Waals surface area contributed by atoms with E-state index in [4.69, 9.17) is 5.73 Å². The third-order valence-corrected chi connectivity index (χ3v) is 3.52. The molecule has 0 aliphatic carbocycles. The van der Waals surface area contributed by atoms with E-state index >= 15 is 0 Å². The second-order valence-corrected chi connectivity index (χ2v) is 4.95. The second kappa shape index (κ2) is 4.06. The fourth-order valence-corrected chi connectivity index (χ4v) is 2.64. The predicted molar refractivity (Wildman–Crippen MR) is 72.7 cm³/mol. The lowest BCUT2D eigenvalue weighted by atomic mass is 10.0. The molecule has 2 aromatic rings. The van der Waals surface area contributed by atoms with Gasteiger partial charge in [0.2, 0.25) is 0 Å². The molecule has 0 bridgehead atoms. The van der Waals surface area contributed by atoms with E-state index in [1.807, 2.05) is 6.92 Å². The molecular formula is C13H15BrN2. The van der Waals surface area contributed by atoms with Crippen molar-refractivity contribution < 1.29 is 0 Å². The van der Waals surface area contributed by atoms with Gasteiger partial charge in [-0.3, -0.25) is 4.98 Å². The molecule has 0 saturated heterocycles. The van der Waals surface area contributed by atoms with Gasteiger partial charge in [-0.05, 0) is 59.5 Å². The molecule has 0 amide bonds. The van der Waals surface area contributed by atoms with Crippen molar-refractivity contribution in [2.45, 2.75) is 27.2 Å². The molecular weight excluding hydrogens is 264 g/mol. The number of nitrogens with two attached hydrogens (primary N) is 1. The molecule has 3 heteroatoms. The Morgan fingerprint density at radius 1 is 1.31 bits per heavy atom. The van der Waals surface area contributed by atoms with Crippen LogP contribution in [0.15, 0.2) is 16.6 Å². The highest BCUT2D eigenvalue weighted by Gasteiger charge is 2.10. The van der Waals surface area contributed by atoms with E-state index < -0.39 is 0 Å². The highest BCUT2D eigenvalue weighted by Crippen LogP contribution is 2.31. The number of aromatic nitrogens is 1. The summed E-state index contributed by atoms with van der Waals surface area (Å²) in [6.45, 7) is 6.20. The summed E-state index contributed by atoms with van der Waals surface area (Å²) < 4.78 is 1.02. The van der Waals surface area contributed by atoms with Crippen LogP contribution in [0.3, 0.4) is 0 Å². The third-order valence-electron chi connectivity index (χ3n) is 2.92. The van der Waals surface area contributed by atoms with Crippen LogP contribution in [-0.4, -0.2) is 4.98 Å². The lowest BCUT2D eigenvalue weighted by Crippen LogP contribution is -2.00. The number of fused-ring (bicyclic) bond motifs is 1. The fraction of sp³-hybridized carbons (Fsp3) is 0.308. The fourth-order valence-electron chi connectivity index (χ4n) is 1.97. The molecule has 1 aromatic heterocycles. The summed E-state index contributed by atoms with van der Waals surface area (Å²) >= 11 is 3.55. The van der Waals surface area contributed by atoms with Crippen molar-refractivity contribution >= 4 is 32.5 Å². The predicted octanol–water partition coefficient (Wildman–Crippen LogP) is 3.76. The maximum Gasteiger partial charge on any atom is 0.0868 e. The molecule has 84 valence electrons. The van der Waals surface area contributed by atoms with Gasteiger partial charge in [-0.25, -0.2) is 0 Å². The first kappa shape index (κ1) is 11.4. The van der Waals surface area contributed by atoms with Crippen molar-refractivity contribution in [2.75, 3.05) is 5.73 Å². The Morgan fingerprint density at radius 2 is 2.00 bits per heavy atom. The second-order valence-electron chi connectivity index (χ2n) is 4.09. The number of aryl methyl sites for hydroxylation is 2. The summed E-state index contributed by atoms with van der Waals surface area (Å²) in [5.41, 5.74) is 11.4. The minimum Gasteiger partial charge on any atom is -0.398 e. The highest BCUT2D eigenvalue weighted by molar-refractivity contribution is 9.10. The summed E-state index contributed by atoms with van der Waals surface area (Å²) in [4.78, 5) is 4.67. The van der Waals surface area contributed by atoms with E-state index in [-0.39, 0.29) is 0 Å². The zero-order valence-electron chi connectivity index (χ0n) is 9.76. The molecule has 0 unspecified atom stereocenters. The zero-order chi connectivity index (χ0) is 11.9. The molecule has 0 fully saturated rings. The number of nitrogens with zero attached hydrogens (tertiary/aromatic N) is 1. The first-order valence-electron chi connectivity index (χ1n) is 5.39. The Balaban J connectivity index is 2.92. The monoisotopic (exact) mass is 278 g/mol. The van der Waals surface area contributed by atoms with Crippen LogP contribution in [0.4, 0.5) is 5.69 Å². The molecule has 0 aliphatic rings. The van der Waals surface area contributed by atoms with E-state index in [2.05, 4.69) is 46.9 Å². The summed E-state index contributed by atoms with van der Waals surface area (Å²) in [5, 5.41) is 1.04. The van der Waals surface area contributed by atoms with Crippen molar-refractivity contribution in [3.05, 3.63) is 33.4 Å². The molecule has 1 aromatic carbocycles. The number of rotatable bonds is 1. The normalized spacial score (nSPS) is 11.0. The van der Waals surface area contributed by atoms with Crippen molar-refractivity contribution in [3.8, 4) is 0 Å². The topological polar surface area (TPSA) is 38.9 Å². The summed E-state index contributed by atoms with van der Waals surface area (Å²) in [6.07, 6.45) is 0.909. The van der Waals surface area contributed by atoms with Gasteiger partial charge in [0.25, 0.3) is 0 Å². The van der Waals surface area contributed by atoms with Gasteiger partial charge in [0, 0.05) is 21.2 Å². The zero-order valence-corrected chi connectivity index (χ0v) is 11.4. The van der Waals surface area contributed by atoms with Crippen LogP contribution < -0.4 is 5.73 Å². The number of hydrogen-bond acceptors (Lipinski definition) is 2. The first-order valence-corrected chi connectivity index (χ1v) is 6.18. The van der Waals surface area contributed by atoms with Crippen molar-refractivity contribution in [3.63, 3.8) is 0 Å². The van der Waals surface area contributed by atoms with Crippen LogP contribution in [0.2, 0.25) is 0 Å². The van der Waals surface area contributed by atoms with E-state index in [0.717, 1.165) is 38.7 Å². The molecule has 0 atom stereocenters. The van der Waals surface area contributed by atoms with E-state index in [0.29, 0.717) is 0 Å². The first-order chi connectivity index (χ1) is 7.54. The van der Waals surface area contributed by atoms with Gasteiger partial charge in [-0.1, -0.05) is 6.92 Å². The van der Waals surface area contributed by atoms with Crippen LogP contribution in [0.1, 0.15) is 23.7 Å². The van der Waals surface area contributed by atoms with E-state index in [1.54, 1.807) is 0 Å². The smallest absolute Gasteiger partial charge is 0.0868 e. The highest BCUT2D eigenvalue weighted by atomic mass is 79.9. The SMILES string of the molecule is CCc1nc2c(Br)cc(C)cc2c(N)c1C. The summed E-state index contributed by atoms with van der Waals surface area (Å²) in [6, 6.07) is 4.17. The van der Waals surface area contributed by atoms with Crippen LogP contribution in [0, 0.1) is 13.8 Å². The van der Waals surface area contributed by atoms with Crippen molar-refractivity contribution in [1.29, 1.82) is 0 Å². The van der Waals surface area contributed by atoms with Crippen molar-refractivity contribution in [2.24, 2.45) is 0 Å². The summed E-state index contributed by atoms with van der Waals surface area (Å²) in [5.74, 6) is 0. The lowest BCUT2D eigenvalue weighted by Gasteiger charge is -2.11. The maximum absolute atomic E-state index is 6.17. The molecule has 2 nitrogen and oxygen atoms in total. The van der Waals surface area contributed by atoms with Crippen LogP contribution in [-0.2, 0) is 6.42 Å². The van der Waals surface area contributed by atoms with Gasteiger partial charge in [0.05, 0.1) is 5.52 Å². The Labute approximate surface area is 104 Å². The van der Waals surface area contributed by atoms with Gasteiger partial charge < -0.3 is 5.73 Å². The molecule has 1 heterocycles. The Bertz CT molecular complexity index is 562. The molecule has 2 rings (SSSR count). The minimum atomic E-state index is 0.853. The van der Waals surface area contributed by atoms with E-state index in [1.165, 1.54) is 5.56 Å². The molecule has 0 aliphatic heterocycles. The maximum atomic E-state index is 6.17. The van der Waals surface area contributed by atoms with E-state index in [9.17, 15) is 0 Å². The number of hydrogen-bond donors (Lipinski definition) is 1. The van der Waals surface area contributed by atoms with Gasteiger partial charge in [0.15, 0.2) is 0 Å². The van der Waals surface area contributed by atoms with Gasteiger partial charge in [0.1, 0.15) is 0 Å². The number of anilines is 1. The number of benzene rings is 1. The van der Waals surface area contributed by atoms with Crippen LogP contribution in [0.5, 0.6) is 0 Å². The van der Waals surface area contributed by atoms with Crippen molar-refractivity contribution in [1.82, 2.24) is 4.98 Å². The Kier molecular flexibility index (Phi) is 2.89. The number of nitrogen functional groups attached to an aromatic ring is 1. The van der Waals surface area contributed by atoms with Gasteiger partial charge in [-0.2, -0.15) is 0 Å². The number of halogens is 1. The average Bonchev–Trinajstić information content (AvgIpc) is 2.24. The average molecular weight is 279 g/mol. The standard InChI is InChI=1S/C13H15BrN2/c1-4-11-8(3)12(15)9-5-7(2)6-10(14)13(9)16-11/h5-6H,4H2,1-3H3,(H2,15,16). The largest absolute Gasteiger partial charge is 0.398 e. The molecule has 0 saturated carbocycles. The molecule has 16 heavy (non-hydrogen) atoms. The summed E-state index contributed by atoms with van der Waals surface area (Å²) in [7, 11) is 0. The Hall–Kier alpha value is -1.09. The number of pyridine rings is 1. The van der Waals surface area contributed by atoms with Crippen LogP contribution in [0.25, 0.3) is 10.9 Å².